The summed E-state index contributed by atoms with van der Waals surface area (Å²) in [7, 11) is -1.44. The van der Waals surface area contributed by atoms with E-state index in [1.807, 2.05) is 20.8 Å². The van der Waals surface area contributed by atoms with Crippen molar-refractivity contribution in [3.63, 3.8) is 0 Å². The van der Waals surface area contributed by atoms with Crippen LogP contribution < -0.4 is 0 Å². The van der Waals surface area contributed by atoms with E-state index in [1.54, 1.807) is 0 Å². The van der Waals surface area contributed by atoms with Crippen LogP contribution in [0.4, 0.5) is 0 Å². The topological polar surface area (TPSA) is 72.5 Å². The average molecular weight is 381 g/mol. The van der Waals surface area contributed by atoms with Crippen LogP contribution in [0.15, 0.2) is 0 Å². The summed E-state index contributed by atoms with van der Waals surface area (Å²) >= 11 is 0. The van der Waals surface area contributed by atoms with Crippen molar-refractivity contribution in [2.24, 2.45) is 0 Å². The maximum atomic E-state index is 11.4. The van der Waals surface area contributed by atoms with E-state index in [0.29, 0.717) is 52.9 Å². The first-order valence-corrected chi connectivity index (χ1v) is 12.2. The first-order chi connectivity index (χ1) is 11.6. The van der Waals surface area contributed by atoms with Gasteiger partial charge < -0.3 is 28.1 Å². The molecule has 0 atom stereocenters. The van der Waals surface area contributed by atoms with Gasteiger partial charge in [-0.2, -0.15) is 0 Å². The molecule has 0 aromatic heterocycles. The number of carbonyl (C=O) groups is 1. The van der Waals surface area contributed by atoms with E-state index >= 15 is 0 Å². The molecule has 0 bridgehead atoms. The van der Waals surface area contributed by atoms with E-state index in [4.69, 9.17) is 28.1 Å². The highest BCUT2D eigenvalue weighted by atomic mass is 28.4. The molecule has 0 aliphatic heterocycles. The van der Waals surface area contributed by atoms with Gasteiger partial charge in [0, 0.05) is 0 Å². The molecular formula is C17H36O7Si. The molecule has 150 valence electrons. The number of hydrogen-bond donors (Lipinski definition) is 0. The molecule has 0 aromatic carbocycles. The van der Waals surface area contributed by atoms with Crippen LogP contribution in [-0.4, -0.2) is 79.3 Å². The molecule has 0 aliphatic carbocycles. The third-order valence-corrected chi connectivity index (χ3v) is 3.59. The van der Waals surface area contributed by atoms with Crippen LogP contribution in [0.3, 0.4) is 0 Å². The van der Waals surface area contributed by atoms with E-state index in [9.17, 15) is 4.79 Å². The summed E-state index contributed by atoms with van der Waals surface area (Å²) in [5.74, 6) is -0.369. The molecule has 0 spiro atoms. The van der Waals surface area contributed by atoms with Gasteiger partial charge in [0.2, 0.25) is 0 Å². The SMILES string of the molecule is CC(C)(C)OC(=O)COCCOCCOCCOCCO[Si](C)(C)C. The third-order valence-electron chi connectivity index (χ3n) is 2.52. The van der Waals surface area contributed by atoms with E-state index < -0.39 is 13.9 Å². The van der Waals surface area contributed by atoms with E-state index in [-0.39, 0.29) is 12.6 Å². The van der Waals surface area contributed by atoms with E-state index in [2.05, 4.69) is 19.6 Å². The Morgan fingerprint density at radius 1 is 0.720 bits per heavy atom. The second kappa shape index (κ2) is 13.7. The summed E-state index contributed by atoms with van der Waals surface area (Å²) in [6.07, 6.45) is 0. The molecule has 25 heavy (non-hydrogen) atoms. The quantitative estimate of drug-likeness (QED) is 0.245. The maximum absolute atomic E-state index is 11.4. The Morgan fingerprint density at radius 2 is 1.12 bits per heavy atom. The molecular weight excluding hydrogens is 344 g/mol. The van der Waals surface area contributed by atoms with Crippen molar-refractivity contribution in [2.45, 2.75) is 46.0 Å². The zero-order valence-electron chi connectivity index (χ0n) is 16.7. The van der Waals surface area contributed by atoms with Gasteiger partial charge in [-0.1, -0.05) is 0 Å². The highest BCUT2D eigenvalue weighted by Crippen LogP contribution is 2.06. The maximum Gasteiger partial charge on any atom is 0.332 e. The fraction of sp³-hybridized carbons (Fsp3) is 0.941. The third kappa shape index (κ3) is 21.4. The molecule has 0 radical (unpaired) electrons. The number of esters is 1. The lowest BCUT2D eigenvalue weighted by Gasteiger charge is -2.19. The predicted octanol–water partition coefficient (Wildman–Crippen LogP) is 2.25. The van der Waals surface area contributed by atoms with Crippen LogP contribution >= 0.6 is 0 Å². The highest BCUT2D eigenvalue weighted by Gasteiger charge is 2.16. The summed E-state index contributed by atoms with van der Waals surface area (Å²) in [5.41, 5.74) is -0.487. The number of hydrogen-bond acceptors (Lipinski definition) is 7. The Bertz CT molecular complexity index is 337. The van der Waals surface area contributed by atoms with Crippen molar-refractivity contribution in [2.75, 3.05) is 59.5 Å². The van der Waals surface area contributed by atoms with Gasteiger partial charge in [0.15, 0.2) is 8.32 Å². The number of rotatable bonds is 15. The molecule has 8 heteroatoms. The zero-order valence-corrected chi connectivity index (χ0v) is 17.7. The van der Waals surface area contributed by atoms with Gasteiger partial charge in [0.1, 0.15) is 12.2 Å². The average Bonchev–Trinajstić information content (AvgIpc) is 2.44. The number of ether oxygens (including phenoxy) is 5. The highest BCUT2D eigenvalue weighted by molar-refractivity contribution is 6.69. The van der Waals surface area contributed by atoms with E-state index in [1.165, 1.54) is 0 Å². The van der Waals surface area contributed by atoms with Crippen molar-refractivity contribution < 1.29 is 32.9 Å². The number of carbonyl (C=O) groups excluding carboxylic acids is 1. The Balaban J connectivity index is 3.21. The second-order valence-corrected chi connectivity index (χ2v) is 12.0. The molecule has 0 unspecified atom stereocenters. The summed E-state index contributed by atoms with van der Waals surface area (Å²) in [6.45, 7) is 15.9. The molecule has 0 N–H and O–H groups in total. The molecule has 0 aliphatic rings. The van der Waals surface area contributed by atoms with Crippen molar-refractivity contribution in [3.05, 3.63) is 0 Å². The Morgan fingerprint density at radius 3 is 1.52 bits per heavy atom. The Kier molecular flexibility index (Phi) is 13.4. The predicted molar refractivity (Wildman–Crippen MR) is 98.4 cm³/mol. The van der Waals surface area contributed by atoms with Crippen LogP contribution in [-0.2, 0) is 32.9 Å². The first kappa shape index (κ1) is 24.5. The van der Waals surface area contributed by atoms with Crippen LogP contribution in [0.2, 0.25) is 19.6 Å². The van der Waals surface area contributed by atoms with Gasteiger partial charge in [-0.15, -0.1) is 0 Å². The van der Waals surface area contributed by atoms with Crippen molar-refractivity contribution in [1.29, 1.82) is 0 Å². The van der Waals surface area contributed by atoms with Gasteiger partial charge in [0.25, 0.3) is 0 Å². The van der Waals surface area contributed by atoms with Crippen molar-refractivity contribution >= 4 is 14.3 Å². The molecule has 0 amide bonds. The molecule has 0 heterocycles. The lowest BCUT2D eigenvalue weighted by molar-refractivity contribution is -0.160. The Labute approximate surface area is 153 Å². The zero-order chi connectivity index (χ0) is 19.2. The monoisotopic (exact) mass is 380 g/mol. The normalized spacial score (nSPS) is 12.4. The Hall–Kier alpha value is -0.513. The summed E-state index contributed by atoms with van der Waals surface area (Å²) in [4.78, 5) is 11.4. The minimum absolute atomic E-state index is 0.0596. The molecule has 0 rings (SSSR count). The summed E-state index contributed by atoms with van der Waals surface area (Å²) in [6, 6.07) is 0. The minimum atomic E-state index is -1.44. The van der Waals surface area contributed by atoms with E-state index in [0.717, 1.165) is 0 Å². The standard InChI is InChI=1S/C17H36O7Si/c1-17(2,3)24-16(18)15-22-12-11-20-8-7-19-9-10-21-13-14-23-25(4,5)6/h7-15H2,1-6H3. The fourth-order valence-corrected chi connectivity index (χ4v) is 2.29. The molecule has 0 saturated carbocycles. The van der Waals surface area contributed by atoms with Crippen molar-refractivity contribution in [1.82, 2.24) is 0 Å². The van der Waals surface area contributed by atoms with Gasteiger partial charge in [-0.25, -0.2) is 4.79 Å². The summed E-state index contributed by atoms with van der Waals surface area (Å²) < 4.78 is 32.1. The lowest BCUT2D eigenvalue weighted by Crippen LogP contribution is -2.27. The second-order valence-electron chi connectivity index (χ2n) is 7.44. The van der Waals surface area contributed by atoms with Gasteiger partial charge in [-0.05, 0) is 40.4 Å². The summed E-state index contributed by atoms with van der Waals surface area (Å²) in [5, 5.41) is 0. The fourth-order valence-electron chi connectivity index (χ4n) is 1.59. The van der Waals surface area contributed by atoms with Gasteiger partial charge in [-0.3, -0.25) is 0 Å². The first-order valence-electron chi connectivity index (χ1n) is 8.77. The van der Waals surface area contributed by atoms with Crippen LogP contribution in [0, 0.1) is 0 Å². The minimum Gasteiger partial charge on any atom is -0.458 e. The smallest absolute Gasteiger partial charge is 0.332 e. The van der Waals surface area contributed by atoms with Crippen LogP contribution in [0.25, 0.3) is 0 Å². The van der Waals surface area contributed by atoms with Crippen LogP contribution in [0.5, 0.6) is 0 Å². The van der Waals surface area contributed by atoms with Crippen molar-refractivity contribution in [3.8, 4) is 0 Å². The molecule has 0 aromatic rings. The molecule has 7 nitrogen and oxygen atoms in total. The van der Waals surface area contributed by atoms with Gasteiger partial charge in [0.05, 0.1) is 52.9 Å². The van der Waals surface area contributed by atoms with Crippen LogP contribution in [0.1, 0.15) is 20.8 Å². The lowest BCUT2D eigenvalue weighted by atomic mass is 10.2. The molecule has 0 saturated heterocycles. The molecule has 0 fully saturated rings. The largest absolute Gasteiger partial charge is 0.458 e. The van der Waals surface area contributed by atoms with Gasteiger partial charge >= 0.3 is 5.97 Å².